The van der Waals surface area contributed by atoms with E-state index in [-0.39, 0.29) is 5.69 Å². The molecular formula is C9H4Cl2F6N2. The number of anilines is 1. The highest BCUT2D eigenvalue weighted by atomic mass is 35.5. The van der Waals surface area contributed by atoms with Crippen molar-refractivity contribution in [3.8, 4) is 0 Å². The number of hydrogen-bond donors (Lipinski definition) is 1. The molecule has 0 radical (unpaired) electrons. The van der Waals surface area contributed by atoms with E-state index >= 15 is 0 Å². The van der Waals surface area contributed by atoms with Crippen LogP contribution in [0.2, 0.25) is 10.0 Å². The molecule has 0 atom stereocenters. The molecule has 0 aliphatic heterocycles. The molecule has 0 heterocycles. The molecule has 1 aromatic rings. The first-order valence-corrected chi connectivity index (χ1v) is 5.19. The molecule has 0 aliphatic carbocycles. The van der Waals surface area contributed by atoms with Crippen LogP contribution in [0.15, 0.2) is 17.2 Å². The van der Waals surface area contributed by atoms with Crippen molar-refractivity contribution in [2.45, 2.75) is 12.4 Å². The second-order valence-corrected chi connectivity index (χ2v) is 4.04. The van der Waals surface area contributed by atoms with Gasteiger partial charge in [-0.2, -0.15) is 31.4 Å². The average molecular weight is 325 g/mol. The standard InChI is InChI=1S/C9H4Cl2F6N2/c10-5-1-4(9(15,16)17)2-6(11)7(5)19-18-3-8(12,13)14/h1-3,19H. The maximum atomic E-state index is 12.4. The van der Waals surface area contributed by atoms with Crippen LogP contribution < -0.4 is 5.43 Å². The minimum atomic E-state index is -4.67. The third-order valence-electron chi connectivity index (χ3n) is 1.76. The zero-order valence-electron chi connectivity index (χ0n) is 8.70. The van der Waals surface area contributed by atoms with Crippen LogP contribution >= 0.6 is 23.2 Å². The first kappa shape index (κ1) is 15.9. The van der Waals surface area contributed by atoms with E-state index in [0.29, 0.717) is 12.1 Å². The summed E-state index contributed by atoms with van der Waals surface area (Å²) in [6.45, 7) is 0. The first-order valence-electron chi connectivity index (χ1n) is 4.44. The van der Waals surface area contributed by atoms with Crippen molar-refractivity contribution < 1.29 is 26.3 Å². The van der Waals surface area contributed by atoms with Crippen molar-refractivity contribution in [3.05, 3.63) is 27.7 Å². The summed E-state index contributed by atoms with van der Waals surface area (Å²) in [4.78, 5) is 0. The highest BCUT2D eigenvalue weighted by Gasteiger charge is 2.32. The molecule has 0 unspecified atom stereocenters. The Hall–Kier alpha value is -1.15. The predicted molar refractivity (Wildman–Crippen MR) is 59.6 cm³/mol. The lowest BCUT2D eigenvalue weighted by atomic mass is 10.2. The fourth-order valence-electron chi connectivity index (χ4n) is 1.01. The van der Waals surface area contributed by atoms with Crippen molar-refractivity contribution in [1.29, 1.82) is 0 Å². The van der Waals surface area contributed by atoms with Gasteiger partial charge in [0.25, 0.3) is 0 Å². The Labute approximate surface area is 113 Å². The molecule has 0 bridgehead atoms. The third-order valence-corrected chi connectivity index (χ3v) is 2.35. The smallest absolute Gasteiger partial charge is 0.275 e. The zero-order valence-corrected chi connectivity index (χ0v) is 10.2. The van der Waals surface area contributed by atoms with Gasteiger partial charge < -0.3 is 0 Å². The largest absolute Gasteiger partial charge is 0.428 e. The zero-order chi connectivity index (χ0) is 14.8. The topological polar surface area (TPSA) is 24.4 Å². The maximum absolute atomic E-state index is 12.4. The molecule has 1 N–H and O–H groups in total. The van der Waals surface area contributed by atoms with Gasteiger partial charge in [0.2, 0.25) is 0 Å². The van der Waals surface area contributed by atoms with Gasteiger partial charge in [0, 0.05) is 0 Å². The number of nitrogens with one attached hydrogen (secondary N) is 1. The second kappa shape index (κ2) is 5.46. The number of hydrazone groups is 1. The Morgan fingerprint density at radius 2 is 1.47 bits per heavy atom. The van der Waals surface area contributed by atoms with Gasteiger partial charge in [-0.25, -0.2) is 0 Å². The molecular weight excluding hydrogens is 321 g/mol. The molecule has 0 amide bonds. The molecule has 0 fully saturated rings. The minimum Gasteiger partial charge on any atom is -0.275 e. The van der Waals surface area contributed by atoms with E-state index in [1.165, 1.54) is 0 Å². The Morgan fingerprint density at radius 3 is 1.84 bits per heavy atom. The van der Waals surface area contributed by atoms with Crippen molar-refractivity contribution >= 4 is 35.1 Å². The van der Waals surface area contributed by atoms with Gasteiger partial charge in [0.1, 0.15) is 6.21 Å². The van der Waals surface area contributed by atoms with Crippen LogP contribution in [0, 0.1) is 0 Å². The van der Waals surface area contributed by atoms with Crippen LogP contribution in [0.4, 0.5) is 32.0 Å². The van der Waals surface area contributed by atoms with Crippen molar-refractivity contribution in [3.63, 3.8) is 0 Å². The van der Waals surface area contributed by atoms with E-state index in [1.807, 2.05) is 5.43 Å². The Bertz CT molecular complexity index is 471. The molecule has 10 heteroatoms. The van der Waals surface area contributed by atoms with Gasteiger partial charge in [-0.1, -0.05) is 23.2 Å². The quantitative estimate of drug-likeness (QED) is 0.463. The fraction of sp³-hybridized carbons (Fsp3) is 0.222. The average Bonchev–Trinajstić information content (AvgIpc) is 2.18. The van der Waals surface area contributed by atoms with Crippen molar-refractivity contribution in [1.82, 2.24) is 0 Å². The van der Waals surface area contributed by atoms with Crippen LogP contribution in [-0.4, -0.2) is 12.4 Å². The van der Waals surface area contributed by atoms with Gasteiger partial charge in [0.05, 0.1) is 21.3 Å². The van der Waals surface area contributed by atoms with Crippen LogP contribution in [0.5, 0.6) is 0 Å². The second-order valence-electron chi connectivity index (χ2n) is 3.22. The lowest BCUT2D eigenvalue weighted by molar-refractivity contribution is -0.137. The molecule has 0 spiro atoms. The van der Waals surface area contributed by atoms with E-state index in [4.69, 9.17) is 23.2 Å². The Balaban J connectivity index is 3.02. The number of rotatable bonds is 2. The highest BCUT2D eigenvalue weighted by Crippen LogP contribution is 2.38. The summed E-state index contributed by atoms with van der Waals surface area (Å²) in [5.41, 5.74) is 0.367. The molecule has 0 saturated heterocycles. The predicted octanol–water partition coefficient (Wildman–Crippen LogP) is 4.97. The Morgan fingerprint density at radius 1 is 1.00 bits per heavy atom. The van der Waals surface area contributed by atoms with E-state index in [9.17, 15) is 26.3 Å². The molecule has 1 aromatic carbocycles. The Kier molecular flexibility index (Phi) is 4.57. The van der Waals surface area contributed by atoms with Crippen molar-refractivity contribution in [2.24, 2.45) is 5.10 Å². The van der Waals surface area contributed by atoms with E-state index < -0.39 is 34.2 Å². The highest BCUT2D eigenvalue weighted by molar-refractivity contribution is 6.39. The van der Waals surface area contributed by atoms with Crippen LogP contribution in [0.25, 0.3) is 0 Å². The summed E-state index contributed by atoms with van der Waals surface area (Å²) in [5, 5.41) is 1.77. The van der Waals surface area contributed by atoms with E-state index in [1.54, 1.807) is 0 Å². The summed E-state index contributed by atoms with van der Waals surface area (Å²) in [6.07, 6.45) is -9.73. The summed E-state index contributed by atoms with van der Waals surface area (Å²) in [5.74, 6) is 0. The number of alkyl halides is 6. The van der Waals surface area contributed by atoms with Crippen LogP contribution in [0.3, 0.4) is 0 Å². The fourth-order valence-corrected chi connectivity index (χ4v) is 1.59. The van der Waals surface area contributed by atoms with Crippen LogP contribution in [0.1, 0.15) is 5.56 Å². The SMILES string of the molecule is FC(F)(F)C=NNc1c(Cl)cc(C(F)(F)F)cc1Cl. The lowest BCUT2D eigenvalue weighted by Crippen LogP contribution is -2.10. The maximum Gasteiger partial charge on any atom is 0.428 e. The van der Waals surface area contributed by atoms with Gasteiger partial charge >= 0.3 is 12.4 Å². The van der Waals surface area contributed by atoms with Crippen LogP contribution in [-0.2, 0) is 6.18 Å². The number of benzene rings is 1. The minimum absolute atomic E-state index is 0.350. The number of halogens is 8. The molecule has 0 aliphatic rings. The van der Waals surface area contributed by atoms with Gasteiger partial charge in [-0.3, -0.25) is 5.43 Å². The van der Waals surface area contributed by atoms with E-state index in [0.717, 1.165) is 0 Å². The molecule has 1 rings (SSSR count). The van der Waals surface area contributed by atoms with Crippen molar-refractivity contribution in [2.75, 3.05) is 5.43 Å². The first-order chi connectivity index (χ1) is 8.50. The summed E-state index contributed by atoms with van der Waals surface area (Å²) in [7, 11) is 0. The summed E-state index contributed by atoms with van der Waals surface area (Å²) < 4.78 is 72.4. The lowest BCUT2D eigenvalue weighted by Gasteiger charge is -2.11. The molecule has 0 saturated carbocycles. The number of nitrogens with zero attached hydrogens (tertiary/aromatic N) is 1. The summed E-state index contributed by atoms with van der Waals surface area (Å²) in [6, 6.07) is 1.05. The van der Waals surface area contributed by atoms with Gasteiger partial charge in [-0.15, -0.1) is 0 Å². The van der Waals surface area contributed by atoms with Gasteiger partial charge in [0.15, 0.2) is 0 Å². The molecule has 0 aromatic heterocycles. The molecule has 2 nitrogen and oxygen atoms in total. The molecule has 106 valence electrons. The van der Waals surface area contributed by atoms with Gasteiger partial charge in [-0.05, 0) is 12.1 Å². The third kappa shape index (κ3) is 4.79. The molecule has 19 heavy (non-hydrogen) atoms. The monoisotopic (exact) mass is 324 g/mol. The number of hydrogen-bond acceptors (Lipinski definition) is 2. The normalized spacial score (nSPS) is 13.1. The summed E-state index contributed by atoms with van der Waals surface area (Å²) >= 11 is 11.0. The van der Waals surface area contributed by atoms with E-state index in [2.05, 4.69) is 5.10 Å².